The highest BCUT2D eigenvalue weighted by molar-refractivity contribution is 7.08. The lowest BCUT2D eigenvalue weighted by atomic mass is 9.99. The van der Waals surface area contributed by atoms with Gasteiger partial charge in [0.05, 0.1) is 0 Å². The van der Waals surface area contributed by atoms with Gasteiger partial charge in [-0.25, -0.2) is 0 Å². The first-order chi connectivity index (χ1) is 12.2. The average Bonchev–Trinajstić information content (AvgIpc) is 3.30. The normalized spacial score (nSPS) is 13.7. The number of hydrogen-bond acceptors (Lipinski definition) is 5. The molecule has 5 nitrogen and oxygen atoms in total. The lowest BCUT2D eigenvalue weighted by molar-refractivity contribution is -0.118. The van der Waals surface area contributed by atoms with Crippen molar-refractivity contribution < 1.29 is 9.32 Å². The molecule has 0 radical (unpaired) electrons. The zero-order valence-corrected chi connectivity index (χ0v) is 14.9. The van der Waals surface area contributed by atoms with Crippen LogP contribution in [0.25, 0.3) is 11.4 Å². The van der Waals surface area contributed by atoms with E-state index in [1.807, 2.05) is 21.7 Å². The standard InChI is InChI=1S/C19H19N3O2S/c1-13-4-5-16-14(11-13)3-2-9-22(16)18(23)7-6-17-20-19(21-24-17)15-8-10-25-12-15/h4-5,8,10-12H,2-3,6-7,9H2,1H3. The zero-order valence-electron chi connectivity index (χ0n) is 14.1. The maximum absolute atomic E-state index is 12.7. The van der Waals surface area contributed by atoms with Crippen molar-refractivity contribution in [1.29, 1.82) is 0 Å². The Morgan fingerprint density at radius 1 is 1.36 bits per heavy atom. The first-order valence-electron chi connectivity index (χ1n) is 8.46. The van der Waals surface area contributed by atoms with Gasteiger partial charge >= 0.3 is 0 Å². The highest BCUT2D eigenvalue weighted by atomic mass is 32.1. The first kappa shape index (κ1) is 16.0. The smallest absolute Gasteiger partial charge is 0.227 e. The summed E-state index contributed by atoms with van der Waals surface area (Å²) in [7, 11) is 0. The highest BCUT2D eigenvalue weighted by Gasteiger charge is 2.23. The number of carbonyl (C=O) groups excluding carboxylic acids is 1. The van der Waals surface area contributed by atoms with E-state index in [2.05, 4.69) is 35.3 Å². The van der Waals surface area contributed by atoms with Gasteiger partial charge in [-0.3, -0.25) is 4.79 Å². The van der Waals surface area contributed by atoms with Crippen LogP contribution in [0.1, 0.15) is 29.9 Å². The molecule has 0 atom stereocenters. The van der Waals surface area contributed by atoms with E-state index in [9.17, 15) is 4.79 Å². The van der Waals surface area contributed by atoms with Crippen LogP contribution in [-0.2, 0) is 17.6 Å². The number of amides is 1. The minimum Gasteiger partial charge on any atom is -0.339 e. The number of rotatable bonds is 4. The number of fused-ring (bicyclic) bond motifs is 1. The Bertz CT molecular complexity index is 886. The molecular formula is C19H19N3O2S. The van der Waals surface area contributed by atoms with Crippen LogP contribution in [0, 0.1) is 6.92 Å². The molecule has 0 aliphatic carbocycles. The van der Waals surface area contributed by atoms with Gasteiger partial charge in [-0.15, -0.1) is 0 Å². The van der Waals surface area contributed by atoms with E-state index in [-0.39, 0.29) is 5.91 Å². The monoisotopic (exact) mass is 353 g/mol. The van der Waals surface area contributed by atoms with Gasteiger partial charge in [0.15, 0.2) is 0 Å². The number of hydrogen-bond donors (Lipinski definition) is 0. The third kappa shape index (κ3) is 3.35. The number of aromatic nitrogens is 2. The van der Waals surface area contributed by atoms with E-state index in [1.54, 1.807) is 11.3 Å². The van der Waals surface area contributed by atoms with Crippen LogP contribution < -0.4 is 4.90 Å². The summed E-state index contributed by atoms with van der Waals surface area (Å²) in [5, 5.41) is 7.95. The minimum atomic E-state index is 0.111. The average molecular weight is 353 g/mol. The van der Waals surface area contributed by atoms with Crippen molar-refractivity contribution in [3.63, 3.8) is 0 Å². The maximum Gasteiger partial charge on any atom is 0.227 e. The third-order valence-electron chi connectivity index (χ3n) is 4.45. The lowest BCUT2D eigenvalue weighted by Gasteiger charge is -2.29. The van der Waals surface area contributed by atoms with Gasteiger partial charge in [0.2, 0.25) is 17.6 Å². The summed E-state index contributed by atoms with van der Waals surface area (Å²) in [6.45, 7) is 2.86. The van der Waals surface area contributed by atoms with Crippen LogP contribution in [0.2, 0.25) is 0 Å². The number of thiophene rings is 1. The fourth-order valence-corrected chi connectivity index (χ4v) is 3.83. The molecule has 0 saturated carbocycles. The summed E-state index contributed by atoms with van der Waals surface area (Å²) in [5.41, 5.74) is 4.50. The Kier molecular flexibility index (Phi) is 4.36. The van der Waals surface area contributed by atoms with Crippen LogP contribution >= 0.6 is 11.3 Å². The molecular weight excluding hydrogens is 334 g/mol. The largest absolute Gasteiger partial charge is 0.339 e. The molecule has 3 aromatic rings. The van der Waals surface area contributed by atoms with E-state index in [1.165, 1.54) is 11.1 Å². The van der Waals surface area contributed by atoms with Gasteiger partial charge in [0.1, 0.15) is 0 Å². The predicted molar refractivity (Wildman–Crippen MR) is 97.8 cm³/mol. The molecule has 0 spiro atoms. The van der Waals surface area contributed by atoms with Crippen molar-refractivity contribution in [2.24, 2.45) is 0 Å². The Morgan fingerprint density at radius 2 is 2.28 bits per heavy atom. The number of benzene rings is 1. The molecule has 2 aromatic heterocycles. The summed E-state index contributed by atoms with van der Waals surface area (Å²) >= 11 is 1.59. The SMILES string of the molecule is Cc1ccc2c(c1)CCCN2C(=O)CCc1nc(-c2ccsc2)no1. The molecule has 1 amide bonds. The summed E-state index contributed by atoms with van der Waals surface area (Å²) in [5.74, 6) is 1.21. The Hall–Kier alpha value is -2.47. The van der Waals surface area contributed by atoms with Gasteiger partial charge in [0.25, 0.3) is 0 Å². The fourth-order valence-electron chi connectivity index (χ4n) is 3.20. The van der Waals surface area contributed by atoms with Crippen LogP contribution in [0.3, 0.4) is 0 Å². The van der Waals surface area contributed by atoms with Crippen LogP contribution in [-0.4, -0.2) is 22.6 Å². The second kappa shape index (κ2) is 6.80. The molecule has 1 aromatic carbocycles. The number of carbonyl (C=O) groups is 1. The molecule has 25 heavy (non-hydrogen) atoms. The second-order valence-electron chi connectivity index (χ2n) is 6.30. The molecule has 1 aliphatic rings. The van der Waals surface area contributed by atoms with E-state index in [0.29, 0.717) is 24.6 Å². The van der Waals surface area contributed by atoms with Gasteiger partial charge in [-0.05, 0) is 42.8 Å². The van der Waals surface area contributed by atoms with Gasteiger partial charge < -0.3 is 9.42 Å². The molecule has 1 aliphatic heterocycles. The molecule has 0 saturated heterocycles. The van der Waals surface area contributed by atoms with Gasteiger partial charge in [0, 0.05) is 36.0 Å². The van der Waals surface area contributed by atoms with Crippen LogP contribution in [0.15, 0.2) is 39.5 Å². The molecule has 3 heterocycles. The summed E-state index contributed by atoms with van der Waals surface area (Å²) < 4.78 is 5.28. The van der Waals surface area contributed by atoms with E-state index < -0.39 is 0 Å². The van der Waals surface area contributed by atoms with Crippen molar-refractivity contribution >= 4 is 22.9 Å². The predicted octanol–water partition coefficient (Wildman–Crippen LogP) is 4.02. The summed E-state index contributed by atoms with van der Waals surface area (Å²) in [6, 6.07) is 8.26. The van der Waals surface area contributed by atoms with Crippen LogP contribution in [0.4, 0.5) is 5.69 Å². The van der Waals surface area contributed by atoms with E-state index >= 15 is 0 Å². The van der Waals surface area contributed by atoms with Crippen molar-refractivity contribution in [3.05, 3.63) is 52.0 Å². The van der Waals surface area contributed by atoms with Crippen molar-refractivity contribution in [2.75, 3.05) is 11.4 Å². The van der Waals surface area contributed by atoms with Gasteiger partial charge in [-0.1, -0.05) is 22.9 Å². The Morgan fingerprint density at radius 3 is 3.12 bits per heavy atom. The van der Waals surface area contributed by atoms with E-state index in [4.69, 9.17) is 4.52 Å². The van der Waals surface area contributed by atoms with Crippen LogP contribution in [0.5, 0.6) is 0 Å². The highest BCUT2D eigenvalue weighted by Crippen LogP contribution is 2.28. The van der Waals surface area contributed by atoms with Crippen molar-refractivity contribution in [2.45, 2.75) is 32.6 Å². The third-order valence-corrected chi connectivity index (χ3v) is 5.14. The molecule has 0 fully saturated rings. The van der Waals surface area contributed by atoms with Crippen molar-refractivity contribution in [3.8, 4) is 11.4 Å². The molecule has 128 valence electrons. The summed E-state index contributed by atoms with van der Waals surface area (Å²) in [4.78, 5) is 19.0. The lowest BCUT2D eigenvalue weighted by Crippen LogP contribution is -2.35. The fraction of sp³-hybridized carbons (Fsp3) is 0.316. The quantitative estimate of drug-likeness (QED) is 0.711. The molecule has 0 bridgehead atoms. The molecule has 4 rings (SSSR count). The van der Waals surface area contributed by atoms with Crippen molar-refractivity contribution in [1.82, 2.24) is 10.1 Å². The first-order valence-corrected chi connectivity index (χ1v) is 9.40. The van der Waals surface area contributed by atoms with E-state index in [0.717, 1.165) is 30.6 Å². The maximum atomic E-state index is 12.7. The number of nitrogens with zero attached hydrogens (tertiary/aromatic N) is 3. The molecule has 0 N–H and O–H groups in total. The number of anilines is 1. The molecule has 0 unspecified atom stereocenters. The zero-order chi connectivity index (χ0) is 17.2. The minimum absolute atomic E-state index is 0.111. The topological polar surface area (TPSA) is 59.2 Å². The molecule has 6 heteroatoms. The summed E-state index contributed by atoms with van der Waals surface area (Å²) in [6.07, 6.45) is 2.88. The number of aryl methyl sites for hydroxylation is 3. The Labute approximate surface area is 150 Å². The second-order valence-corrected chi connectivity index (χ2v) is 7.08. The van der Waals surface area contributed by atoms with Gasteiger partial charge in [-0.2, -0.15) is 16.3 Å². The Balaban J connectivity index is 1.43.